The van der Waals surface area contributed by atoms with Crippen molar-refractivity contribution in [2.24, 2.45) is 0 Å². The molecule has 1 heterocycles. The fourth-order valence-corrected chi connectivity index (χ4v) is 2.67. The summed E-state index contributed by atoms with van der Waals surface area (Å²) < 4.78 is 0. The Morgan fingerprint density at radius 3 is 2.54 bits per heavy atom. The van der Waals surface area contributed by atoms with Gasteiger partial charge in [0, 0.05) is 11.2 Å². The molecule has 0 radical (unpaired) electrons. The number of aromatic nitrogens is 1. The van der Waals surface area contributed by atoms with Crippen molar-refractivity contribution in [1.29, 1.82) is 5.26 Å². The molecule has 0 aliphatic rings. The van der Waals surface area contributed by atoms with Crippen LogP contribution in [0.4, 0.5) is 17.2 Å². The molecule has 2 N–H and O–H groups in total. The Kier molecular flexibility index (Phi) is 5.37. The molecular formula is C19H12Cl2N4O. The van der Waals surface area contributed by atoms with E-state index in [4.69, 9.17) is 28.5 Å². The predicted molar refractivity (Wildman–Crippen MR) is 103 cm³/mol. The molecule has 0 saturated carbocycles. The van der Waals surface area contributed by atoms with E-state index < -0.39 is 0 Å². The Morgan fingerprint density at radius 1 is 1.04 bits per heavy atom. The Morgan fingerprint density at radius 2 is 1.85 bits per heavy atom. The number of pyridine rings is 1. The highest BCUT2D eigenvalue weighted by molar-refractivity contribution is 6.36. The topological polar surface area (TPSA) is 77.8 Å². The smallest absolute Gasteiger partial charge is 0.257 e. The zero-order chi connectivity index (χ0) is 18.5. The SMILES string of the molecule is N#Cc1ccccc1NC(=O)c1ccc(Nc2ccc(Cl)cc2Cl)nc1. The molecule has 3 rings (SSSR count). The molecule has 0 spiro atoms. The number of carbonyl (C=O) groups excluding carboxylic acids is 1. The van der Waals surface area contributed by atoms with Crippen LogP contribution in [0.25, 0.3) is 0 Å². The summed E-state index contributed by atoms with van der Waals surface area (Å²) in [5, 5.41) is 15.8. The molecular weight excluding hydrogens is 371 g/mol. The lowest BCUT2D eigenvalue weighted by atomic mass is 10.2. The van der Waals surface area contributed by atoms with Crippen LogP contribution in [0.15, 0.2) is 60.8 Å². The standard InChI is InChI=1S/C19H12Cl2N4O/c20-14-6-7-17(15(21)9-14)24-18-8-5-13(11-23-18)19(26)25-16-4-2-1-3-12(16)10-22/h1-9,11H,(H,23,24)(H,25,26). The van der Waals surface area contributed by atoms with Gasteiger partial charge in [0.05, 0.1) is 27.5 Å². The summed E-state index contributed by atoms with van der Waals surface area (Å²) in [6.45, 7) is 0. The summed E-state index contributed by atoms with van der Waals surface area (Å²) in [5.41, 5.74) is 1.87. The molecule has 1 aromatic heterocycles. The Labute approximate surface area is 160 Å². The van der Waals surface area contributed by atoms with Gasteiger partial charge in [-0.3, -0.25) is 4.79 Å². The minimum Gasteiger partial charge on any atom is -0.339 e. The number of anilines is 3. The summed E-state index contributed by atoms with van der Waals surface area (Å²) in [5.74, 6) is 0.180. The van der Waals surface area contributed by atoms with Crippen LogP contribution in [0.5, 0.6) is 0 Å². The molecule has 1 amide bonds. The van der Waals surface area contributed by atoms with Gasteiger partial charge in [0.25, 0.3) is 5.91 Å². The second kappa shape index (κ2) is 7.87. The van der Waals surface area contributed by atoms with Crippen LogP contribution in [0, 0.1) is 11.3 Å². The predicted octanol–water partition coefficient (Wildman–Crippen LogP) is 5.26. The third-order valence-corrected chi connectivity index (χ3v) is 4.06. The summed E-state index contributed by atoms with van der Waals surface area (Å²) in [6, 6.07) is 17.2. The molecule has 128 valence electrons. The van der Waals surface area contributed by atoms with Crippen LogP contribution in [-0.4, -0.2) is 10.9 Å². The lowest BCUT2D eigenvalue weighted by molar-refractivity contribution is 0.102. The largest absolute Gasteiger partial charge is 0.339 e. The van der Waals surface area contributed by atoms with Crippen LogP contribution in [-0.2, 0) is 0 Å². The number of para-hydroxylation sites is 1. The monoisotopic (exact) mass is 382 g/mol. The minimum atomic E-state index is -0.351. The Bertz CT molecular complexity index is 997. The van der Waals surface area contributed by atoms with E-state index in [0.717, 1.165) is 0 Å². The zero-order valence-electron chi connectivity index (χ0n) is 13.3. The van der Waals surface area contributed by atoms with Gasteiger partial charge < -0.3 is 10.6 Å². The summed E-state index contributed by atoms with van der Waals surface area (Å²) in [4.78, 5) is 16.5. The quantitative estimate of drug-likeness (QED) is 0.645. The Hall–Kier alpha value is -3.07. The number of nitriles is 1. The molecule has 5 nitrogen and oxygen atoms in total. The van der Waals surface area contributed by atoms with Crippen molar-refractivity contribution < 1.29 is 4.79 Å². The average Bonchev–Trinajstić information content (AvgIpc) is 2.65. The number of rotatable bonds is 4. The van der Waals surface area contributed by atoms with Crippen molar-refractivity contribution in [3.8, 4) is 6.07 Å². The van der Waals surface area contributed by atoms with E-state index in [1.165, 1.54) is 6.20 Å². The molecule has 0 fully saturated rings. The lowest BCUT2D eigenvalue weighted by Crippen LogP contribution is -2.13. The average molecular weight is 383 g/mol. The van der Waals surface area contributed by atoms with E-state index in [9.17, 15) is 4.79 Å². The number of hydrogen-bond acceptors (Lipinski definition) is 4. The molecule has 2 aromatic carbocycles. The van der Waals surface area contributed by atoms with Crippen molar-refractivity contribution in [2.45, 2.75) is 0 Å². The number of nitrogens with zero attached hydrogens (tertiary/aromatic N) is 2. The van der Waals surface area contributed by atoms with Crippen molar-refractivity contribution in [3.63, 3.8) is 0 Å². The molecule has 0 aliphatic heterocycles. The molecule has 0 aliphatic carbocycles. The third-order valence-electron chi connectivity index (χ3n) is 3.52. The minimum absolute atomic E-state index is 0.351. The first-order valence-electron chi connectivity index (χ1n) is 7.55. The van der Waals surface area contributed by atoms with E-state index in [1.807, 2.05) is 6.07 Å². The molecule has 3 aromatic rings. The summed E-state index contributed by atoms with van der Waals surface area (Å²) in [7, 11) is 0. The van der Waals surface area contributed by atoms with Gasteiger partial charge in [0.15, 0.2) is 0 Å². The summed E-state index contributed by atoms with van der Waals surface area (Å²) in [6.07, 6.45) is 1.44. The van der Waals surface area contributed by atoms with Gasteiger partial charge in [0.1, 0.15) is 11.9 Å². The maximum Gasteiger partial charge on any atom is 0.257 e. The first-order valence-corrected chi connectivity index (χ1v) is 8.31. The molecule has 0 bridgehead atoms. The number of hydrogen-bond donors (Lipinski definition) is 2. The molecule has 0 saturated heterocycles. The first kappa shape index (κ1) is 17.7. The number of amides is 1. The first-order chi connectivity index (χ1) is 12.6. The van der Waals surface area contributed by atoms with Crippen molar-refractivity contribution in [3.05, 3.63) is 82.0 Å². The van der Waals surface area contributed by atoms with Gasteiger partial charge in [0.2, 0.25) is 0 Å². The molecule has 7 heteroatoms. The maximum absolute atomic E-state index is 12.3. The maximum atomic E-state index is 12.3. The lowest BCUT2D eigenvalue weighted by Gasteiger charge is -2.09. The number of benzene rings is 2. The van der Waals surface area contributed by atoms with Crippen LogP contribution >= 0.6 is 23.2 Å². The van der Waals surface area contributed by atoms with E-state index >= 15 is 0 Å². The number of halogens is 2. The van der Waals surface area contributed by atoms with Crippen molar-refractivity contribution in [1.82, 2.24) is 4.98 Å². The third kappa shape index (κ3) is 4.12. The second-order valence-electron chi connectivity index (χ2n) is 5.29. The van der Waals surface area contributed by atoms with Crippen LogP contribution in [0.3, 0.4) is 0 Å². The van der Waals surface area contributed by atoms with Crippen molar-refractivity contribution >= 4 is 46.3 Å². The van der Waals surface area contributed by atoms with E-state index in [0.29, 0.717) is 38.4 Å². The molecule has 0 atom stereocenters. The van der Waals surface area contributed by atoms with Gasteiger partial charge in [-0.1, -0.05) is 35.3 Å². The highest BCUT2D eigenvalue weighted by atomic mass is 35.5. The molecule has 26 heavy (non-hydrogen) atoms. The highest BCUT2D eigenvalue weighted by Crippen LogP contribution is 2.27. The fraction of sp³-hybridized carbons (Fsp3) is 0. The fourth-order valence-electron chi connectivity index (χ4n) is 2.22. The van der Waals surface area contributed by atoms with E-state index in [2.05, 4.69) is 15.6 Å². The van der Waals surface area contributed by atoms with Gasteiger partial charge in [-0.2, -0.15) is 5.26 Å². The van der Waals surface area contributed by atoms with Gasteiger partial charge in [-0.25, -0.2) is 4.98 Å². The Balaban J connectivity index is 1.73. The molecule has 0 unspecified atom stereocenters. The second-order valence-corrected chi connectivity index (χ2v) is 6.14. The summed E-state index contributed by atoms with van der Waals surface area (Å²) >= 11 is 12.0. The van der Waals surface area contributed by atoms with Crippen molar-refractivity contribution in [2.75, 3.05) is 10.6 Å². The van der Waals surface area contributed by atoms with Gasteiger partial charge in [-0.15, -0.1) is 0 Å². The normalized spacial score (nSPS) is 10.0. The van der Waals surface area contributed by atoms with Gasteiger partial charge >= 0.3 is 0 Å². The number of carbonyl (C=O) groups is 1. The zero-order valence-corrected chi connectivity index (χ0v) is 14.8. The van der Waals surface area contributed by atoms with Gasteiger partial charge in [-0.05, 0) is 42.5 Å². The highest BCUT2D eigenvalue weighted by Gasteiger charge is 2.10. The number of nitrogens with one attached hydrogen (secondary N) is 2. The van der Waals surface area contributed by atoms with E-state index in [1.54, 1.807) is 54.6 Å². The van der Waals surface area contributed by atoms with Crippen LogP contribution in [0.2, 0.25) is 10.0 Å². The van der Waals surface area contributed by atoms with Crippen LogP contribution < -0.4 is 10.6 Å². The van der Waals surface area contributed by atoms with Crippen LogP contribution in [0.1, 0.15) is 15.9 Å². The van der Waals surface area contributed by atoms with E-state index in [-0.39, 0.29) is 5.91 Å².